The molecule has 2 N–H and O–H groups in total. The second-order valence-electron chi connectivity index (χ2n) is 6.50. The minimum atomic E-state index is -0.336. The van der Waals surface area contributed by atoms with Crippen LogP contribution in [0.5, 0.6) is 0 Å². The van der Waals surface area contributed by atoms with Crippen molar-refractivity contribution >= 4 is 23.2 Å². The van der Waals surface area contributed by atoms with Crippen LogP contribution in [0, 0.1) is 11.7 Å². The van der Waals surface area contributed by atoms with E-state index in [4.69, 9.17) is 4.42 Å². The van der Waals surface area contributed by atoms with Crippen molar-refractivity contribution in [3.63, 3.8) is 0 Å². The highest BCUT2D eigenvalue weighted by Crippen LogP contribution is 2.48. The highest BCUT2D eigenvalue weighted by atomic mass is 19.1. The van der Waals surface area contributed by atoms with E-state index in [9.17, 15) is 14.0 Å². The third-order valence-electron chi connectivity index (χ3n) is 4.58. The second-order valence-corrected chi connectivity index (χ2v) is 6.50. The molecule has 1 aromatic heterocycles. The van der Waals surface area contributed by atoms with E-state index in [0.717, 1.165) is 12.0 Å². The molecular weight excluding hydrogens is 347 g/mol. The summed E-state index contributed by atoms with van der Waals surface area (Å²) >= 11 is 0. The van der Waals surface area contributed by atoms with E-state index in [2.05, 4.69) is 10.6 Å². The van der Waals surface area contributed by atoms with Crippen LogP contribution in [0.15, 0.2) is 71.3 Å². The molecule has 0 aliphatic heterocycles. The lowest BCUT2D eigenvalue weighted by molar-refractivity contribution is -0.117. The van der Waals surface area contributed by atoms with Gasteiger partial charge in [-0.05, 0) is 66.4 Å². The van der Waals surface area contributed by atoms with Crippen molar-refractivity contribution in [2.75, 3.05) is 10.6 Å². The van der Waals surface area contributed by atoms with Crippen molar-refractivity contribution in [1.82, 2.24) is 0 Å². The minimum absolute atomic E-state index is 0.0586. The zero-order valence-electron chi connectivity index (χ0n) is 14.3. The zero-order valence-corrected chi connectivity index (χ0v) is 14.3. The molecule has 1 aliphatic rings. The number of carbonyl (C=O) groups excluding carboxylic acids is 2. The molecule has 6 heteroatoms. The first kappa shape index (κ1) is 17.0. The van der Waals surface area contributed by atoms with Gasteiger partial charge in [-0.1, -0.05) is 12.1 Å². The molecular formula is C21H17FN2O3. The number of rotatable bonds is 5. The maximum Gasteiger partial charge on any atom is 0.291 e. The van der Waals surface area contributed by atoms with Gasteiger partial charge < -0.3 is 15.1 Å². The number of halogens is 1. The number of hydrogen-bond donors (Lipinski definition) is 2. The lowest BCUT2D eigenvalue weighted by Gasteiger charge is -2.07. The number of furan rings is 1. The zero-order chi connectivity index (χ0) is 18.8. The van der Waals surface area contributed by atoms with Crippen molar-refractivity contribution in [1.29, 1.82) is 0 Å². The van der Waals surface area contributed by atoms with Gasteiger partial charge in [0.05, 0.1) is 6.26 Å². The molecule has 2 aromatic carbocycles. The Bertz CT molecular complexity index is 950. The highest BCUT2D eigenvalue weighted by Gasteiger charge is 2.43. The van der Waals surface area contributed by atoms with Crippen molar-refractivity contribution in [3.8, 4) is 0 Å². The number of hydrogen-bond acceptors (Lipinski definition) is 3. The first-order valence-corrected chi connectivity index (χ1v) is 8.61. The van der Waals surface area contributed by atoms with Gasteiger partial charge in [0.1, 0.15) is 5.82 Å². The number of amides is 2. The fourth-order valence-electron chi connectivity index (χ4n) is 3.04. The summed E-state index contributed by atoms with van der Waals surface area (Å²) in [6.45, 7) is 0. The van der Waals surface area contributed by atoms with E-state index in [1.54, 1.807) is 48.5 Å². The quantitative estimate of drug-likeness (QED) is 0.704. The Hall–Kier alpha value is -3.41. The van der Waals surface area contributed by atoms with Gasteiger partial charge in [0, 0.05) is 17.3 Å². The van der Waals surface area contributed by atoms with Crippen LogP contribution < -0.4 is 10.6 Å². The van der Waals surface area contributed by atoms with Crippen molar-refractivity contribution in [3.05, 3.63) is 84.1 Å². The number of carbonyl (C=O) groups is 2. The van der Waals surface area contributed by atoms with Crippen molar-refractivity contribution < 1.29 is 18.4 Å². The Kier molecular flexibility index (Phi) is 4.46. The SMILES string of the molecule is O=C(Nc1ccc(NC(=O)C2CC2c2ccc(F)cc2)cc1)c1ccco1. The number of nitrogens with one attached hydrogen (secondary N) is 2. The molecule has 1 saturated carbocycles. The van der Waals surface area contributed by atoms with Gasteiger partial charge in [-0.2, -0.15) is 0 Å². The molecule has 0 radical (unpaired) electrons. The van der Waals surface area contributed by atoms with Gasteiger partial charge in [-0.15, -0.1) is 0 Å². The first-order chi connectivity index (χ1) is 13.1. The maximum absolute atomic E-state index is 13.0. The Morgan fingerprint density at radius 1 is 0.926 bits per heavy atom. The molecule has 1 fully saturated rings. The van der Waals surface area contributed by atoms with Crippen LogP contribution in [-0.4, -0.2) is 11.8 Å². The Labute approximate surface area is 155 Å². The van der Waals surface area contributed by atoms with Crippen LogP contribution in [0.25, 0.3) is 0 Å². The molecule has 1 aliphatic carbocycles. The van der Waals surface area contributed by atoms with E-state index in [0.29, 0.717) is 11.4 Å². The predicted molar refractivity (Wildman–Crippen MR) is 99.0 cm³/mol. The van der Waals surface area contributed by atoms with E-state index in [1.807, 2.05) is 0 Å². The largest absolute Gasteiger partial charge is 0.459 e. The molecule has 0 saturated heterocycles. The molecule has 5 nitrogen and oxygen atoms in total. The van der Waals surface area contributed by atoms with E-state index < -0.39 is 0 Å². The summed E-state index contributed by atoms with van der Waals surface area (Å²) in [6.07, 6.45) is 2.19. The summed E-state index contributed by atoms with van der Waals surface area (Å²) < 4.78 is 18.0. The monoisotopic (exact) mass is 364 g/mol. The molecule has 0 bridgehead atoms. The number of benzene rings is 2. The van der Waals surface area contributed by atoms with E-state index >= 15 is 0 Å². The van der Waals surface area contributed by atoms with Crippen LogP contribution in [0.1, 0.15) is 28.5 Å². The molecule has 27 heavy (non-hydrogen) atoms. The average molecular weight is 364 g/mol. The summed E-state index contributed by atoms with van der Waals surface area (Å²) in [5, 5.41) is 5.60. The highest BCUT2D eigenvalue weighted by molar-refractivity contribution is 6.02. The Morgan fingerprint density at radius 3 is 2.22 bits per heavy atom. The van der Waals surface area contributed by atoms with Gasteiger partial charge in [-0.3, -0.25) is 9.59 Å². The molecule has 3 aromatic rings. The normalized spacial score (nSPS) is 18.0. The molecule has 4 rings (SSSR count). The van der Waals surface area contributed by atoms with Gasteiger partial charge in [0.2, 0.25) is 5.91 Å². The lowest BCUT2D eigenvalue weighted by Crippen LogP contribution is -2.15. The predicted octanol–water partition coefficient (Wildman–Crippen LogP) is 4.41. The smallest absolute Gasteiger partial charge is 0.291 e. The number of anilines is 2. The molecule has 2 atom stereocenters. The fraction of sp³-hybridized carbons (Fsp3) is 0.143. The van der Waals surface area contributed by atoms with Crippen LogP contribution in [0.3, 0.4) is 0 Å². The summed E-state index contributed by atoms with van der Waals surface area (Å²) in [4.78, 5) is 24.3. The summed E-state index contributed by atoms with van der Waals surface area (Å²) in [6, 6.07) is 16.4. The van der Waals surface area contributed by atoms with Gasteiger partial charge in [-0.25, -0.2) is 4.39 Å². The molecule has 2 amide bonds. The summed E-state index contributed by atoms with van der Waals surface area (Å²) in [7, 11) is 0. The molecule has 2 unspecified atom stereocenters. The second kappa shape index (κ2) is 7.07. The van der Waals surface area contributed by atoms with Gasteiger partial charge in [0.25, 0.3) is 5.91 Å². The summed E-state index contributed by atoms with van der Waals surface area (Å²) in [5.74, 6) is -0.410. The maximum atomic E-state index is 13.0. The fourth-order valence-corrected chi connectivity index (χ4v) is 3.04. The van der Waals surface area contributed by atoms with Gasteiger partial charge >= 0.3 is 0 Å². The molecule has 1 heterocycles. The first-order valence-electron chi connectivity index (χ1n) is 8.61. The van der Waals surface area contributed by atoms with Crippen LogP contribution in [0.2, 0.25) is 0 Å². The Balaban J connectivity index is 1.33. The summed E-state index contributed by atoms with van der Waals surface area (Å²) in [5.41, 5.74) is 2.23. The van der Waals surface area contributed by atoms with E-state index in [-0.39, 0.29) is 35.2 Å². The lowest BCUT2D eigenvalue weighted by atomic mass is 10.1. The van der Waals surface area contributed by atoms with Crippen LogP contribution in [-0.2, 0) is 4.79 Å². The third kappa shape index (κ3) is 3.89. The third-order valence-corrected chi connectivity index (χ3v) is 4.58. The van der Waals surface area contributed by atoms with E-state index in [1.165, 1.54) is 18.4 Å². The van der Waals surface area contributed by atoms with Crippen molar-refractivity contribution in [2.24, 2.45) is 5.92 Å². The van der Waals surface area contributed by atoms with Gasteiger partial charge in [0.15, 0.2) is 5.76 Å². The van der Waals surface area contributed by atoms with Crippen LogP contribution in [0.4, 0.5) is 15.8 Å². The molecule has 136 valence electrons. The minimum Gasteiger partial charge on any atom is -0.459 e. The van der Waals surface area contributed by atoms with Crippen molar-refractivity contribution in [2.45, 2.75) is 12.3 Å². The van der Waals surface area contributed by atoms with Crippen LogP contribution >= 0.6 is 0 Å². The standard InChI is InChI=1S/C21H17FN2O3/c22-14-5-3-13(4-6-14)17-12-18(17)20(25)23-15-7-9-16(10-8-15)24-21(26)19-2-1-11-27-19/h1-11,17-18H,12H2,(H,23,25)(H,24,26). The Morgan fingerprint density at radius 2 is 1.59 bits per heavy atom. The molecule has 0 spiro atoms. The average Bonchev–Trinajstić information content (AvgIpc) is 3.28. The topological polar surface area (TPSA) is 71.3 Å².